The number of unbranched alkanes of at least 4 members (excludes halogenated alkanes) is 4. The Morgan fingerprint density at radius 2 is 1.11 bits per heavy atom. The van der Waals surface area contributed by atoms with Crippen LogP contribution in [0.15, 0.2) is 113 Å². The van der Waals surface area contributed by atoms with E-state index in [4.69, 9.17) is 38.5 Å². The van der Waals surface area contributed by atoms with E-state index in [1.165, 1.54) is 22.7 Å². The Kier molecular flexibility index (Phi) is 24.5. The van der Waals surface area contributed by atoms with E-state index in [1.807, 2.05) is 77.5 Å². The summed E-state index contributed by atoms with van der Waals surface area (Å²) in [4.78, 5) is 43.4. The van der Waals surface area contributed by atoms with Gasteiger partial charge in [0.15, 0.2) is 11.4 Å². The van der Waals surface area contributed by atoms with Crippen molar-refractivity contribution in [2.24, 2.45) is 10.9 Å². The molecular weight excluding hydrogens is 852 g/mol. The number of hydrogen-bond acceptors (Lipinski definition) is 13. The van der Waals surface area contributed by atoms with E-state index in [0.29, 0.717) is 62.1 Å². The van der Waals surface area contributed by atoms with Crippen molar-refractivity contribution in [1.29, 1.82) is 0 Å². The molecule has 0 spiro atoms. The maximum Gasteiger partial charge on any atom is 0.338 e. The lowest BCUT2D eigenvalue weighted by Crippen LogP contribution is -2.09. The van der Waals surface area contributed by atoms with Crippen molar-refractivity contribution in [3.63, 3.8) is 0 Å². The average Bonchev–Trinajstić information content (AvgIpc) is 3.95. The third-order valence-electron chi connectivity index (χ3n) is 8.25. The zero-order valence-corrected chi connectivity index (χ0v) is 35.9. The monoisotopic (exact) mass is 904 g/mol. The number of nitrogen functional groups attached to an aromatic ring is 1. The number of benzene rings is 4. The molecule has 0 aliphatic carbocycles. The van der Waals surface area contributed by atoms with E-state index in [9.17, 15) is 14.4 Å². The number of hydrazine groups is 1. The normalized spacial score (nSPS) is 10.1. The van der Waals surface area contributed by atoms with Crippen LogP contribution in [0.25, 0.3) is 22.5 Å². The molecule has 2 aromatic heterocycles. The van der Waals surface area contributed by atoms with Gasteiger partial charge < -0.3 is 9.47 Å². The first kappa shape index (κ1) is 51.7. The molecule has 0 atom stereocenters. The average molecular weight is 906 g/mol. The van der Waals surface area contributed by atoms with E-state index in [0.717, 1.165) is 61.0 Å². The summed E-state index contributed by atoms with van der Waals surface area (Å²) >= 11 is 15.1. The molecule has 4 aromatic carbocycles. The Bertz CT molecular complexity index is 2260. The molecule has 0 radical (unpaired) electrons. The molecule has 6 rings (SSSR count). The predicted molar refractivity (Wildman–Crippen MR) is 255 cm³/mol. The summed E-state index contributed by atoms with van der Waals surface area (Å²) in [6.45, 7) is 5.05. The van der Waals surface area contributed by atoms with Gasteiger partial charge in [0.05, 0.1) is 41.9 Å². The molecule has 0 aliphatic heterocycles. The molecule has 4 N–H and O–H groups in total. The van der Waals surface area contributed by atoms with Crippen LogP contribution in [0, 0.1) is 0 Å². The second-order valence-corrected chi connectivity index (χ2v) is 15.1. The smallest absolute Gasteiger partial charge is 0.338 e. The lowest BCUT2D eigenvalue weighted by molar-refractivity contribution is 0.0488. The summed E-state index contributed by atoms with van der Waals surface area (Å²) in [5.41, 5.74) is 10.7. The Hall–Kier alpha value is -5.44. The zero-order valence-electron chi connectivity index (χ0n) is 32.7. The van der Waals surface area contributed by atoms with Gasteiger partial charge >= 0.3 is 11.9 Å². The highest BCUT2D eigenvalue weighted by atomic mass is 35.5. The second-order valence-electron chi connectivity index (χ2n) is 12.5. The largest absolute Gasteiger partial charge is 0.462 e. The first-order chi connectivity index (χ1) is 28.8. The molecule has 11 nitrogen and oxygen atoms in total. The Balaban J connectivity index is 0.000000340. The van der Waals surface area contributed by atoms with E-state index in [1.54, 1.807) is 36.5 Å². The molecule has 0 saturated heterocycles. The quantitative estimate of drug-likeness (QED) is 0.0201. The van der Waals surface area contributed by atoms with Gasteiger partial charge in [-0.1, -0.05) is 150 Å². The van der Waals surface area contributed by atoms with Gasteiger partial charge in [0, 0.05) is 43.1 Å². The van der Waals surface area contributed by atoms with Gasteiger partial charge in [0.25, 0.3) is 0 Å². The molecule has 0 bridgehead atoms. The molecule has 6 aromatic rings. The van der Waals surface area contributed by atoms with Crippen molar-refractivity contribution in [2.45, 2.75) is 67.2 Å². The van der Waals surface area contributed by atoms with Crippen LogP contribution in [0.2, 0.25) is 10.0 Å². The van der Waals surface area contributed by atoms with Crippen LogP contribution < -0.4 is 16.7 Å². The molecular formula is C46H54Cl2N6O5S2. The molecule has 0 unspecified atom stereocenters. The van der Waals surface area contributed by atoms with Gasteiger partial charge in [-0.05, 0) is 37.1 Å². The minimum absolute atomic E-state index is 0. The lowest BCUT2D eigenvalue weighted by atomic mass is 10.1. The molecule has 15 heteroatoms. The highest BCUT2D eigenvalue weighted by Crippen LogP contribution is 2.31. The van der Waals surface area contributed by atoms with Gasteiger partial charge in [-0.25, -0.2) is 25.4 Å². The van der Waals surface area contributed by atoms with Crippen molar-refractivity contribution >= 4 is 80.6 Å². The van der Waals surface area contributed by atoms with E-state index < -0.39 is 5.97 Å². The number of hydrogen-bond donors (Lipinski definition) is 3. The van der Waals surface area contributed by atoms with Crippen LogP contribution in [0.5, 0.6) is 0 Å². The SMILES string of the molecule is C.C.CCCCCOC(=O)c1ccccc1/C=N/Nc1nc(-c2ccccc2Cl)cs1.CCCCCOC(=O)c1ccccc1C=O.NNc1nc(-c2ccccc2Cl)cs1. The molecule has 324 valence electrons. The number of anilines is 2. The number of nitrogens with zero attached hydrogens (tertiary/aromatic N) is 3. The first-order valence-corrected chi connectivity index (χ1v) is 21.4. The number of hydrazone groups is 1. The maximum absolute atomic E-state index is 12.3. The lowest BCUT2D eigenvalue weighted by Gasteiger charge is -2.06. The number of thiazole rings is 2. The van der Waals surface area contributed by atoms with Crippen molar-refractivity contribution in [2.75, 3.05) is 24.1 Å². The number of aromatic nitrogens is 2. The summed E-state index contributed by atoms with van der Waals surface area (Å²) < 4.78 is 10.4. The molecule has 0 aliphatic rings. The number of carbonyl (C=O) groups is 3. The fourth-order valence-corrected chi connectivity index (χ4v) is 6.92. The predicted octanol–water partition coefficient (Wildman–Crippen LogP) is 13.1. The Morgan fingerprint density at radius 1 is 0.672 bits per heavy atom. The first-order valence-electron chi connectivity index (χ1n) is 18.9. The number of ether oxygens (including phenoxy) is 2. The van der Waals surface area contributed by atoms with Crippen molar-refractivity contribution in [3.05, 3.63) is 140 Å². The summed E-state index contributed by atoms with van der Waals surface area (Å²) in [7, 11) is 0. The molecule has 0 amide bonds. The number of rotatable bonds is 17. The van der Waals surface area contributed by atoms with Crippen LogP contribution in [-0.2, 0) is 9.47 Å². The van der Waals surface area contributed by atoms with Crippen LogP contribution in [0.1, 0.15) is 104 Å². The summed E-state index contributed by atoms with van der Waals surface area (Å²) in [6.07, 6.45) is 8.27. The minimum atomic E-state index is -0.418. The fraction of sp³-hybridized carbons (Fsp3) is 0.261. The standard InChI is InChI=1S/C22H22ClN3O2S.C13H16O3.C9H8ClN3S.2CH4/c1-2-3-8-13-28-21(27)17-10-5-4-9-16(17)14-24-26-22-25-20(15-29-22)18-11-6-7-12-19(18)23;1-2-3-6-9-16-13(15)12-8-5-4-7-11(12)10-14;10-7-4-2-1-3-6(7)8-5-14-9(12-8)13-11;;/h4-7,9-12,14-15H,2-3,8,13H2,1H3,(H,25,26);4-5,7-8,10H,2-3,6,9H2,1H3;1-5H,11H2,(H,12,13);2*1H4/b24-14+;;;;. The van der Waals surface area contributed by atoms with Gasteiger partial charge in [0.2, 0.25) is 5.13 Å². The molecule has 0 saturated carbocycles. The van der Waals surface area contributed by atoms with Gasteiger partial charge in [-0.3, -0.25) is 15.6 Å². The summed E-state index contributed by atoms with van der Waals surface area (Å²) in [5, 5.41) is 10.7. The third-order valence-corrected chi connectivity index (χ3v) is 10.4. The number of nitrogens with one attached hydrogen (secondary N) is 2. The number of carbonyl (C=O) groups excluding carboxylic acids is 3. The van der Waals surface area contributed by atoms with Crippen LogP contribution >= 0.6 is 45.9 Å². The number of esters is 2. The second kappa shape index (κ2) is 28.9. The Morgan fingerprint density at radius 3 is 1.59 bits per heavy atom. The molecule has 2 heterocycles. The number of nitrogens with two attached hydrogens (primary N) is 1. The van der Waals surface area contributed by atoms with E-state index in [2.05, 4.69) is 39.8 Å². The molecule has 0 fully saturated rings. The van der Waals surface area contributed by atoms with Crippen molar-refractivity contribution in [1.82, 2.24) is 9.97 Å². The van der Waals surface area contributed by atoms with Gasteiger partial charge in [-0.15, -0.1) is 22.7 Å². The third kappa shape index (κ3) is 16.9. The number of aldehydes is 1. The van der Waals surface area contributed by atoms with Crippen LogP contribution in [0.4, 0.5) is 10.3 Å². The minimum Gasteiger partial charge on any atom is -0.462 e. The van der Waals surface area contributed by atoms with Crippen molar-refractivity contribution in [3.8, 4) is 22.5 Å². The topological polar surface area (TPSA) is 158 Å². The fourth-order valence-electron chi connectivity index (χ4n) is 5.18. The molecule has 61 heavy (non-hydrogen) atoms. The van der Waals surface area contributed by atoms with Gasteiger partial charge in [-0.2, -0.15) is 5.10 Å². The maximum atomic E-state index is 12.3. The highest BCUT2D eigenvalue weighted by Gasteiger charge is 2.13. The van der Waals surface area contributed by atoms with Gasteiger partial charge in [0.1, 0.15) is 0 Å². The van der Waals surface area contributed by atoms with Crippen LogP contribution in [0.3, 0.4) is 0 Å². The van der Waals surface area contributed by atoms with E-state index >= 15 is 0 Å². The van der Waals surface area contributed by atoms with Crippen molar-refractivity contribution < 1.29 is 23.9 Å². The van der Waals surface area contributed by atoms with E-state index in [-0.39, 0.29) is 20.8 Å². The highest BCUT2D eigenvalue weighted by molar-refractivity contribution is 7.14. The summed E-state index contributed by atoms with van der Waals surface area (Å²) in [6, 6.07) is 29.0. The van der Waals surface area contributed by atoms with Crippen LogP contribution in [-0.4, -0.2) is 47.6 Å². The Labute approximate surface area is 377 Å². The summed E-state index contributed by atoms with van der Waals surface area (Å²) in [5.74, 6) is 4.49. The zero-order chi connectivity index (χ0) is 42.2. The number of halogens is 2.